The molecular formula is C14H20N4O2S. The lowest BCUT2D eigenvalue weighted by Gasteiger charge is -2.23. The van der Waals surface area contributed by atoms with Gasteiger partial charge in [-0.05, 0) is 50.3 Å². The van der Waals surface area contributed by atoms with E-state index in [2.05, 4.69) is 22.5 Å². The highest BCUT2D eigenvalue weighted by molar-refractivity contribution is 7.80. The molecule has 0 amide bonds. The van der Waals surface area contributed by atoms with E-state index in [1.807, 2.05) is 0 Å². The summed E-state index contributed by atoms with van der Waals surface area (Å²) in [4.78, 5) is 12.6. The van der Waals surface area contributed by atoms with Crippen LogP contribution in [0, 0.1) is 10.1 Å². The van der Waals surface area contributed by atoms with E-state index in [9.17, 15) is 10.1 Å². The average Bonchev–Trinajstić information content (AvgIpc) is 2.93. The van der Waals surface area contributed by atoms with Crippen molar-refractivity contribution >= 4 is 28.7 Å². The first-order chi connectivity index (χ1) is 10.1. The number of thiocarbonyl (C=S) groups is 1. The van der Waals surface area contributed by atoms with Crippen LogP contribution in [0.25, 0.3) is 0 Å². The number of rotatable bonds is 5. The van der Waals surface area contributed by atoms with Gasteiger partial charge in [-0.2, -0.15) is 0 Å². The quantitative estimate of drug-likeness (QED) is 0.494. The predicted molar refractivity (Wildman–Crippen MR) is 87.6 cm³/mol. The maximum Gasteiger partial charge on any atom is 0.269 e. The molecule has 1 aliphatic heterocycles. The van der Waals surface area contributed by atoms with Crippen LogP contribution in [0.5, 0.6) is 0 Å². The molecule has 6 nitrogen and oxygen atoms in total. The zero-order chi connectivity index (χ0) is 15.2. The largest absolute Gasteiger partial charge is 0.361 e. The first-order valence-corrected chi connectivity index (χ1v) is 7.54. The van der Waals surface area contributed by atoms with Crippen molar-refractivity contribution in [3.05, 3.63) is 34.4 Å². The van der Waals surface area contributed by atoms with Crippen molar-refractivity contribution < 1.29 is 4.92 Å². The van der Waals surface area contributed by atoms with E-state index in [1.165, 1.54) is 25.0 Å². The monoisotopic (exact) mass is 308 g/mol. The SMILES string of the molecule is CCN1CCC[C@@H]1CNC(=S)Nc1ccc([N+](=O)[O-])cc1. The Hall–Kier alpha value is -1.73. The Morgan fingerprint density at radius 2 is 2.19 bits per heavy atom. The number of benzene rings is 1. The molecule has 2 N–H and O–H groups in total. The second-order valence-corrected chi connectivity index (χ2v) is 5.47. The number of hydrogen-bond donors (Lipinski definition) is 2. The summed E-state index contributed by atoms with van der Waals surface area (Å²) in [5, 5.41) is 17.4. The summed E-state index contributed by atoms with van der Waals surface area (Å²) in [7, 11) is 0. The van der Waals surface area contributed by atoms with E-state index >= 15 is 0 Å². The summed E-state index contributed by atoms with van der Waals surface area (Å²) in [6, 6.07) is 6.76. The molecule has 1 aromatic carbocycles. The summed E-state index contributed by atoms with van der Waals surface area (Å²) in [6.07, 6.45) is 2.43. The van der Waals surface area contributed by atoms with Crippen LogP contribution in [0.1, 0.15) is 19.8 Å². The highest BCUT2D eigenvalue weighted by Crippen LogP contribution is 2.16. The lowest BCUT2D eigenvalue weighted by Crippen LogP contribution is -2.41. The van der Waals surface area contributed by atoms with Gasteiger partial charge in [-0.1, -0.05) is 6.92 Å². The third kappa shape index (κ3) is 4.37. The van der Waals surface area contributed by atoms with E-state index in [0.29, 0.717) is 11.2 Å². The van der Waals surface area contributed by atoms with E-state index in [1.54, 1.807) is 12.1 Å². The van der Waals surface area contributed by atoms with Gasteiger partial charge in [0.1, 0.15) is 0 Å². The predicted octanol–water partition coefficient (Wildman–Crippen LogP) is 2.37. The lowest BCUT2D eigenvalue weighted by atomic mass is 10.2. The minimum atomic E-state index is -0.417. The van der Waals surface area contributed by atoms with Crippen molar-refractivity contribution in [3.63, 3.8) is 0 Å². The minimum Gasteiger partial charge on any atom is -0.361 e. The Morgan fingerprint density at radius 3 is 2.81 bits per heavy atom. The zero-order valence-corrected chi connectivity index (χ0v) is 12.9. The van der Waals surface area contributed by atoms with Gasteiger partial charge in [-0.3, -0.25) is 15.0 Å². The van der Waals surface area contributed by atoms with Gasteiger partial charge in [0.15, 0.2) is 5.11 Å². The van der Waals surface area contributed by atoms with Gasteiger partial charge >= 0.3 is 0 Å². The Kier molecular flexibility index (Phi) is 5.46. The minimum absolute atomic E-state index is 0.0731. The van der Waals surface area contributed by atoms with Crippen molar-refractivity contribution in [2.45, 2.75) is 25.8 Å². The van der Waals surface area contributed by atoms with Crippen LogP contribution in [-0.4, -0.2) is 40.6 Å². The molecular weight excluding hydrogens is 288 g/mol. The number of nitro benzene ring substituents is 1. The van der Waals surface area contributed by atoms with Crippen LogP contribution < -0.4 is 10.6 Å². The number of nitro groups is 1. The van der Waals surface area contributed by atoms with Gasteiger partial charge in [0.2, 0.25) is 0 Å². The molecule has 2 rings (SSSR count). The fourth-order valence-electron chi connectivity index (χ4n) is 2.59. The summed E-state index contributed by atoms with van der Waals surface area (Å²) in [5.74, 6) is 0. The molecule has 0 aliphatic carbocycles. The van der Waals surface area contributed by atoms with Crippen molar-refractivity contribution in [1.82, 2.24) is 10.2 Å². The summed E-state index contributed by atoms with van der Waals surface area (Å²) >= 11 is 5.26. The van der Waals surface area contributed by atoms with E-state index in [0.717, 1.165) is 25.3 Å². The Balaban J connectivity index is 1.80. The molecule has 1 atom stereocenters. The van der Waals surface area contributed by atoms with Gasteiger partial charge in [-0.15, -0.1) is 0 Å². The van der Waals surface area contributed by atoms with Gasteiger partial charge in [-0.25, -0.2) is 0 Å². The third-order valence-electron chi connectivity index (χ3n) is 3.74. The molecule has 1 heterocycles. The van der Waals surface area contributed by atoms with Crippen LogP contribution in [0.4, 0.5) is 11.4 Å². The summed E-state index contributed by atoms with van der Waals surface area (Å²) < 4.78 is 0. The topological polar surface area (TPSA) is 70.4 Å². The molecule has 21 heavy (non-hydrogen) atoms. The van der Waals surface area contributed by atoms with E-state index < -0.39 is 4.92 Å². The molecule has 114 valence electrons. The number of hydrogen-bond acceptors (Lipinski definition) is 4. The molecule has 0 bridgehead atoms. The van der Waals surface area contributed by atoms with Crippen molar-refractivity contribution in [2.24, 2.45) is 0 Å². The fraction of sp³-hybridized carbons (Fsp3) is 0.500. The van der Waals surface area contributed by atoms with Crippen molar-refractivity contribution in [3.8, 4) is 0 Å². The standard InChI is InChI=1S/C14H20N4O2S/c1-2-17-9-3-4-13(17)10-15-14(21)16-11-5-7-12(8-6-11)18(19)20/h5-8,13H,2-4,9-10H2,1H3,(H2,15,16,21)/t13-/m1/s1. The van der Waals surface area contributed by atoms with Crippen LogP contribution >= 0.6 is 12.2 Å². The maximum absolute atomic E-state index is 10.6. The molecule has 0 saturated carbocycles. The number of likely N-dealkylation sites (tertiary alicyclic amines) is 1. The molecule has 0 aromatic heterocycles. The molecule has 0 radical (unpaired) electrons. The van der Waals surface area contributed by atoms with E-state index in [-0.39, 0.29) is 5.69 Å². The van der Waals surface area contributed by atoms with Crippen molar-refractivity contribution in [2.75, 3.05) is 25.0 Å². The number of anilines is 1. The summed E-state index contributed by atoms with van der Waals surface area (Å²) in [5.41, 5.74) is 0.820. The lowest BCUT2D eigenvalue weighted by molar-refractivity contribution is -0.384. The maximum atomic E-state index is 10.6. The normalized spacial score (nSPS) is 18.4. The zero-order valence-electron chi connectivity index (χ0n) is 12.0. The Morgan fingerprint density at radius 1 is 1.48 bits per heavy atom. The van der Waals surface area contributed by atoms with Crippen LogP contribution in [0.2, 0.25) is 0 Å². The number of non-ortho nitro benzene ring substituents is 1. The van der Waals surface area contributed by atoms with Crippen LogP contribution in [0.15, 0.2) is 24.3 Å². The highest BCUT2D eigenvalue weighted by atomic mass is 32.1. The molecule has 0 spiro atoms. The van der Waals surface area contributed by atoms with E-state index in [4.69, 9.17) is 12.2 Å². The van der Waals surface area contributed by atoms with Crippen molar-refractivity contribution in [1.29, 1.82) is 0 Å². The molecule has 1 aliphatic rings. The molecule has 1 fully saturated rings. The number of nitrogens with one attached hydrogen (secondary N) is 2. The molecule has 7 heteroatoms. The highest BCUT2D eigenvalue weighted by Gasteiger charge is 2.22. The molecule has 0 unspecified atom stereocenters. The second kappa shape index (κ2) is 7.33. The van der Waals surface area contributed by atoms with Gasteiger partial charge < -0.3 is 10.6 Å². The smallest absolute Gasteiger partial charge is 0.269 e. The number of likely N-dealkylation sites (N-methyl/N-ethyl adjacent to an activating group) is 1. The summed E-state index contributed by atoms with van der Waals surface area (Å²) in [6.45, 7) is 5.22. The Labute approximate surface area is 129 Å². The van der Waals surface area contributed by atoms with Crippen LogP contribution in [0.3, 0.4) is 0 Å². The third-order valence-corrected chi connectivity index (χ3v) is 3.99. The number of nitrogens with zero attached hydrogens (tertiary/aromatic N) is 2. The fourth-order valence-corrected chi connectivity index (χ4v) is 2.80. The van der Waals surface area contributed by atoms with Crippen LogP contribution in [-0.2, 0) is 0 Å². The average molecular weight is 308 g/mol. The van der Waals surface area contributed by atoms with Gasteiger partial charge in [0.25, 0.3) is 5.69 Å². The Bertz CT molecular complexity index is 506. The van der Waals surface area contributed by atoms with Gasteiger partial charge in [0.05, 0.1) is 4.92 Å². The first-order valence-electron chi connectivity index (χ1n) is 7.13. The van der Waals surface area contributed by atoms with Gasteiger partial charge in [0, 0.05) is 30.4 Å². The second-order valence-electron chi connectivity index (χ2n) is 5.06. The molecule has 1 saturated heterocycles. The first kappa shape index (κ1) is 15.7. The molecule has 1 aromatic rings.